The summed E-state index contributed by atoms with van der Waals surface area (Å²) >= 11 is 0. The van der Waals surface area contributed by atoms with Crippen LogP contribution in [0.3, 0.4) is 0 Å². The summed E-state index contributed by atoms with van der Waals surface area (Å²) in [5.41, 5.74) is 9.32. The maximum atomic E-state index is 14.2. The van der Waals surface area contributed by atoms with E-state index in [1.54, 1.807) is 7.11 Å². The van der Waals surface area contributed by atoms with E-state index >= 15 is 0 Å². The number of aryl methyl sites for hydroxylation is 1. The molecule has 2 aliphatic heterocycles. The van der Waals surface area contributed by atoms with Crippen LogP contribution in [0.15, 0.2) is 51.7 Å². The van der Waals surface area contributed by atoms with Gasteiger partial charge >= 0.3 is 0 Å². The van der Waals surface area contributed by atoms with Crippen molar-refractivity contribution in [3.8, 4) is 0 Å². The van der Waals surface area contributed by atoms with Crippen molar-refractivity contribution in [3.63, 3.8) is 0 Å². The summed E-state index contributed by atoms with van der Waals surface area (Å²) in [6.07, 6.45) is 0.951. The minimum Gasteiger partial charge on any atom is -0.382 e. The molecular weight excluding hydrogens is 460 g/mol. The van der Waals surface area contributed by atoms with Crippen molar-refractivity contribution in [1.29, 1.82) is 0 Å². The number of fused-ring (bicyclic) bond motifs is 2. The van der Waals surface area contributed by atoms with Crippen LogP contribution in [0.5, 0.6) is 0 Å². The van der Waals surface area contributed by atoms with Gasteiger partial charge in [0.2, 0.25) is 5.95 Å². The average molecular weight is 495 g/mol. The molecule has 2 aliphatic rings. The summed E-state index contributed by atoms with van der Waals surface area (Å²) in [4.78, 5) is 15.3. The Morgan fingerprint density at radius 3 is 2.80 bits per heavy atom. The maximum Gasteiger partial charge on any atom is 0.228 e. The molecule has 0 aliphatic carbocycles. The average Bonchev–Trinajstić information content (AvgIpc) is 3.21. The lowest BCUT2D eigenvalue weighted by Crippen LogP contribution is -2.30. The molecule has 3 heterocycles. The highest BCUT2D eigenvalue weighted by molar-refractivity contribution is 7.93. The minimum atomic E-state index is -2.61. The van der Waals surface area contributed by atoms with Crippen molar-refractivity contribution in [1.82, 2.24) is 9.97 Å². The Morgan fingerprint density at radius 2 is 2.03 bits per heavy atom. The molecular formula is C26H34N6O2S. The van der Waals surface area contributed by atoms with Crippen molar-refractivity contribution in [2.75, 3.05) is 48.9 Å². The van der Waals surface area contributed by atoms with Crippen LogP contribution in [0.4, 0.5) is 11.8 Å². The van der Waals surface area contributed by atoms with Crippen LogP contribution in [-0.4, -0.2) is 65.4 Å². The maximum absolute atomic E-state index is 14.2. The summed E-state index contributed by atoms with van der Waals surface area (Å²) in [5, 5.41) is 1.05. The third-order valence-corrected chi connectivity index (χ3v) is 9.22. The molecule has 2 N–H and O–H groups in total. The van der Waals surface area contributed by atoms with Gasteiger partial charge in [0.25, 0.3) is 0 Å². The smallest absolute Gasteiger partial charge is 0.228 e. The van der Waals surface area contributed by atoms with Crippen molar-refractivity contribution in [2.24, 2.45) is 10.1 Å². The zero-order valence-corrected chi connectivity index (χ0v) is 21.5. The molecule has 186 valence electrons. The number of nitrogens with two attached hydrogens (primary N) is 1. The van der Waals surface area contributed by atoms with Gasteiger partial charge in [-0.3, -0.25) is 0 Å². The molecule has 1 fully saturated rings. The Balaban J connectivity index is 1.58. The molecule has 0 amide bonds. The Morgan fingerprint density at radius 1 is 1.20 bits per heavy atom. The minimum absolute atomic E-state index is 0.152. The third kappa shape index (κ3) is 4.85. The highest BCUT2D eigenvalue weighted by Crippen LogP contribution is 2.32. The molecule has 3 atom stereocenters. The SMILES string of the molecule is COCC(C)N=S1(=O)CCN(c2nc(N3CC[C@H](N)C3)c3cc(C)ccc3n2)Cc2ccccc21. The fourth-order valence-electron chi connectivity index (χ4n) is 4.99. The number of hydrogen-bond donors (Lipinski definition) is 1. The summed E-state index contributed by atoms with van der Waals surface area (Å²) in [7, 11) is -0.965. The lowest BCUT2D eigenvalue weighted by atomic mass is 10.1. The second kappa shape index (κ2) is 9.72. The van der Waals surface area contributed by atoms with Crippen LogP contribution in [0.2, 0.25) is 0 Å². The normalized spacial score (nSPS) is 23.3. The zero-order valence-electron chi connectivity index (χ0n) is 20.7. The number of benzene rings is 2. The lowest BCUT2D eigenvalue weighted by Gasteiger charge is -2.25. The van der Waals surface area contributed by atoms with Crippen LogP contribution in [0, 0.1) is 6.92 Å². The molecule has 1 aromatic heterocycles. The Kier molecular flexibility index (Phi) is 6.65. The molecule has 2 unspecified atom stereocenters. The quantitative estimate of drug-likeness (QED) is 0.581. The second-order valence-corrected chi connectivity index (χ2v) is 12.0. The monoisotopic (exact) mass is 494 g/mol. The molecule has 1 saturated heterocycles. The topological polar surface area (TPSA) is 96.9 Å². The summed E-state index contributed by atoms with van der Waals surface area (Å²) < 4.78 is 24.2. The number of nitrogens with zero attached hydrogens (tertiary/aromatic N) is 5. The molecule has 0 bridgehead atoms. The zero-order chi connectivity index (χ0) is 24.6. The number of hydrogen-bond acceptors (Lipinski definition) is 8. The summed E-state index contributed by atoms with van der Waals surface area (Å²) in [6, 6.07) is 14.2. The van der Waals surface area contributed by atoms with Gasteiger partial charge in [0.1, 0.15) is 5.82 Å². The van der Waals surface area contributed by atoms with E-state index in [0.29, 0.717) is 31.4 Å². The first-order chi connectivity index (χ1) is 16.9. The molecule has 8 nitrogen and oxygen atoms in total. The van der Waals surface area contributed by atoms with E-state index in [-0.39, 0.29) is 12.1 Å². The molecule has 2 aromatic carbocycles. The number of ether oxygens (including phenoxy) is 1. The first-order valence-corrected chi connectivity index (χ1v) is 13.9. The largest absolute Gasteiger partial charge is 0.382 e. The first kappa shape index (κ1) is 24.0. The van der Waals surface area contributed by atoms with E-state index in [9.17, 15) is 4.21 Å². The van der Waals surface area contributed by atoms with E-state index in [0.717, 1.165) is 46.7 Å². The third-order valence-electron chi connectivity index (χ3n) is 6.70. The van der Waals surface area contributed by atoms with Crippen molar-refractivity contribution >= 4 is 32.4 Å². The second-order valence-electron chi connectivity index (χ2n) is 9.65. The van der Waals surface area contributed by atoms with E-state index in [2.05, 4.69) is 34.9 Å². The predicted molar refractivity (Wildman–Crippen MR) is 142 cm³/mol. The van der Waals surface area contributed by atoms with Gasteiger partial charge in [-0.05, 0) is 44.0 Å². The van der Waals surface area contributed by atoms with Gasteiger partial charge in [-0.15, -0.1) is 0 Å². The summed E-state index contributed by atoms with van der Waals surface area (Å²) in [5.74, 6) is 2.00. The predicted octanol–water partition coefficient (Wildman–Crippen LogP) is 3.36. The van der Waals surface area contributed by atoms with Gasteiger partial charge in [0, 0.05) is 44.7 Å². The van der Waals surface area contributed by atoms with Crippen LogP contribution in [0.1, 0.15) is 24.5 Å². The molecule has 9 heteroatoms. The number of methoxy groups -OCH3 is 1. The van der Waals surface area contributed by atoms with E-state index in [4.69, 9.17) is 24.8 Å². The molecule has 0 spiro atoms. The fourth-order valence-corrected chi connectivity index (χ4v) is 7.38. The molecule has 0 saturated carbocycles. The van der Waals surface area contributed by atoms with Crippen LogP contribution >= 0.6 is 0 Å². The Labute approximate surface area is 207 Å². The van der Waals surface area contributed by atoms with Crippen LogP contribution in [0.25, 0.3) is 10.9 Å². The van der Waals surface area contributed by atoms with Crippen molar-refractivity contribution < 1.29 is 8.95 Å². The molecule has 35 heavy (non-hydrogen) atoms. The Hall–Kier alpha value is -2.75. The van der Waals surface area contributed by atoms with Gasteiger partial charge in [-0.25, -0.2) is 13.6 Å². The molecule has 5 rings (SSSR count). The van der Waals surface area contributed by atoms with Crippen LogP contribution < -0.4 is 15.5 Å². The highest BCUT2D eigenvalue weighted by atomic mass is 32.2. The van der Waals surface area contributed by atoms with Gasteiger partial charge < -0.3 is 20.3 Å². The van der Waals surface area contributed by atoms with Crippen molar-refractivity contribution in [2.45, 2.75) is 43.8 Å². The van der Waals surface area contributed by atoms with Crippen molar-refractivity contribution in [3.05, 3.63) is 53.6 Å². The van der Waals surface area contributed by atoms with Gasteiger partial charge in [-0.1, -0.05) is 29.8 Å². The number of aromatic nitrogens is 2. The first-order valence-electron chi connectivity index (χ1n) is 12.2. The Bertz CT molecular complexity index is 1350. The van der Waals surface area contributed by atoms with Gasteiger partial charge in [0.05, 0.1) is 38.5 Å². The van der Waals surface area contributed by atoms with E-state index in [1.165, 1.54) is 5.56 Å². The highest BCUT2D eigenvalue weighted by Gasteiger charge is 2.28. The fraction of sp³-hybridized carbons (Fsp3) is 0.462. The summed E-state index contributed by atoms with van der Waals surface area (Å²) in [6.45, 7) is 7.27. The van der Waals surface area contributed by atoms with Crippen LogP contribution in [-0.2, 0) is 21.0 Å². The number of anilines is 2. The van der Waals surface area contributed by atoms with E-state index < -0.39 is 9.73 Å². The van der Waals surface area contributed by atoms with Gasteiger partial charge in [-0.2, -0.15) is 4.98 Å². The molecule has 3 aromatic rings. The lowest BCUT2D eigenvalue weighted by molar-refractivity contribution is 0.186. The standard InChI is InChI=1S/C26H34N6O2S/c1-18-8-9-23-22(14-18)25(31-11-10-21(27)16-31)29-26(28-23)32-12-13-35(33,30-19(2)17-34-3)24-7-5-4-6-20(24)15-32/h4-9,14,19,21H,10-13,15-17,27H2,1-3H3/t19?,21-,35?/m0/s1. The van der Waals surface area contributed by atoms with E-state index in [1.807, 2.05) is 31.2 Å². The molecule has 0 radical (unpaired) electrons. The van der Waals surface area contributed by atoms with Gasteiger partial charge in [0.15, 0.2) is 0 Å². The number of rotatable bonds is 5.